The molecule has 18 heavy (non-hydrogen) atoms. The van der Waals surface area contributed by atoms with Gasteiger partial charge in [-0.25, -0.2) is 0 Å². The maximum Gasteiger partial charge on any atom is 0.229 e. The predicted octanol–water partition coefficient (Wildman–Crippen LogP) is 2.26. The third-order valence-electron chi connectivity index (χ3n) is 3.94. The average Bonchev–Trinajstić information content (AvgIpc) is 2.57. The molecule has 94 valence electrons. The lowest BCUT2D eigenvalue weighted by atomic mass is 9.87. The number of hydrogen-bond acceptors (Lipinski definition) is 3. The van der Waals surface area contributed by atoms with E-state index in [0.29, 0.717) is 5.25 Å². The summed E-state index contributed by atoms with van der Waals surface area (Å²) in [6, 6.07) is 4.04. The van der Waals surface area contributed by atoms with Crippen molar-refractivity contribution < 1.29 is 9.59 Å². The van der Waals surface area contributed by atoms with Gasteiger partial charge in [0.25, 0.3) is 0 Å². The van der Waals surface area contributed by atoms with Crippen LogP contribution in [0.15, 0.2) is 17.0 Å². The number of benzene rings is 1. The molecule has 0 radical (unpaired) electrons. The maximum absolute atomic E-state index is 12.4. The first kappa shape index (κ1) is 11.8. The topological polar surface area (TPSA) is 60.2 Å². The minimum atomic E-state index is -0.650. The Kier molecular flexibility index (Phi) is 2.52. The van der Waals surface area contributed by atoms with Crippen LogP contribution in [0.5, 0.6) is 0 Å². The summed E-state index contributed by atoms with van der Waals surface area (Å²) in [6.45, 7) is 4.06. The molecule has 0 aromatic heterocycles. The molecule has 1 amide bonds. The molecule has 4 heteroatoms. The fraction of sp³-hybridized carbons (Fsp3) is 0.429. The molecule has 0 spiro atoms. The highest BCUT2D eigenvalue weighted by molar-refractivity contribution is 8.00. The number of ketones is 1. The summed E-state index contributed by atoms with van der Waals surface area (Å²) in [5.74, 6) is -1.21. The van der Waals surface area contributed by atoms with Crippen LogP contribution in [0.25, 0.3) is 0 Å². The number of amides is 1. The van der Waals surface area contributed by atoms with Crippen LogP contribution in [-0.2, 0) is 4.79 Å². The SMILES string of the molecule is Cc1ccc2c3c1C(=O)C(C(N)=O)C3CC(C)S2. The zero-order chi connectivity index (χ0) is 13.0. The van der Waals surface area contributed by atoms with Crippen LogP contribution in [0, 0.1) is 12.8 Å². The summed E-state index contributed by atoms with van der Waals surface area (Å²) < 4.78 is 0. The Hall–Kier alpha value is -1.29. The molecule has 3 unspecified atom stereocenters. The van der Waals surface area contributed by atoms with Gasteiger partial charge >= 0.3 is 0 Å². The van der Waals surface area contributed by atoms with Gasteiger partial charge in [0.2, 0.25) is 5.91 Å². The number of Topliss-reactive ketones (excluding diaryl/α,β-unsaturated/α-hetero) is 1. The molecular weight excluding hydrogens is 246 g/mol. The van der Waals surface area contributed by atoms with Crippen molar-refractivity contribution in [3.8, 4) is 0 Å². The van der Waals surface area contributed by atoms with Crippen molar-refractivity contribution >= 4 is 23.5 Å². The number of carbonyl (C=O) groups is 2. The minimum Gasteiger partial charge on any atom is -0.369 e. The number of carbonyl (C=O) groups excluding carboxylic acids is 2. The van der Waals surface area contributed by atoms with E-state index >= 15 is 0 Å². The van der Waals surface area contributed by atoms with Crippen LogP contribution in [0.1, 0.15) is 40.7 Å². The van der Waals surface area contributed by atoms with E-state index in [0.717, 1.165) is 28.0 Å². The smallest absolute Gasteiger partial charge is 0.229 e. The van der Waals surface area contributed by atoms with E-state index in [1.807, 2.05) is 13.0 Å². The van der Waals surface area contributed by atoms with Gasteiger partial charge in [0, 0.05) is 21.6 Å². The van der Waals surface area contributed by atoms with E-state index in [1.54, 1.807) is 11.8 Å². The van der Waals surface area contributed by atoms with Crippen LogP contribution in [-0.4, -0.2) is 16.9 Å². The molecule has 0 bridgehead atoms. The fourth-order valence-electron chi connectivity index (χ4n) is 3.22. The van der Waals surface area contributed by atoms with Crippen LogP contribution in [0.2, 0.25) is 0 Å². The van der Waals surface area contributed by atoms with Crippen molar-refractivity contribution in [2.75, 3.05) is 0 Å². The molecular formula is C14H15NO2S. The van der Waals surface area contributed by atoms with E-state index in [4.69, 9.17) is 5.73 Å². The van der Waals surface area contributed by atoms with Crippen LogP contribution < -0.4 is 5.73 Å². The van der Waals surface area contributed by atoms with Gasteiger partial charge in [-0.2, -0.15) is 0 Å². The summed E-state index contributed by atoms with van der Waals surface area (Å²) in [4.78, 5) is 25.2. The summed E-state index contributed by atoms with van der Waals surface area (Å²) in [5.41, 5.74) is 8.22. The average molecular weight is 261 g/mol. The number of nitrogens with two attached hydrogens (primary N) is 1. The molecule has 1 aliphatic heterocycles. The Balaban J connectivity index is 2.25. The Labute approximate surface area is 110 Å². The molecule has 0 saturated heterocycles. The van der Waals surface area contributed by atoms with E-state index in [2.05, 4.69) is 13.0 Å². The largest absolute Gasteiger partial charge is 0.369 e. The van der Waals surface area contributed by atoms with Crippen LogP contribution in [0.3, 0.4) is 0 Å². The summed E-state index contributed by atoms with van der Waals surface area (Å²) >= 11 is 1.79. The van der Waals surface area contributed by atoms with Gasteiger partial charge in [-0.1, -0.05) is 13.0 Å². The van der Waals surface area contributed by atoms with Crippen molar-refractivity contribution in [3.05, 3.63) is 28.8 Å². The first-order valence-electron chi connectivity index (χ1n) is 6.14. The van der Waals surface area contributed by atoms with E-state index in [1.165, 1.54) is 0 Å². The van der Waals surface area contributed by atoms with E-state index in [-0.39, 0.29) is 11.7 Å². The zero-order valence-corrected chi connectivity index (χ0v) is 11.2. The number of thioether (sulfide) groups is 1. The minimum absolute atomic E-state index is 0.00356. The maximum atomic E-state index is 12.4. The highest BCUT2D eigenvalue weighted by atomic mass is 32.2. The monoisotopic (exact) mass is 261 g/mol. The molecule has 3 nitrogen and oxygen atoms in total. The highest BCUT2D eigenvalue weighted by Crippen LogP contribution is 2.52. The second-order valence-electron chi connectivity index (χ2n) is 5.18. The summed E-state index contributed by atoms with van der Waals surface area (Å²) in [6.07, 6.45) is 0.855. The van der Waals surface area contributed by atoms with Gasteiger partial charge in [-0.05, 0) is 30.5 Å². The van der Waals surface area contributed by atoms with Gasteiger partial charge in [0.15, 0.2) is 5.78 Å². The van der Waals surface area contributed by atoms with Crippen molar-refractivity contribution in [2.24, 2.45) is 11.7 Å². The zero-order valence-electron chi connectivity index (χ0n) is 10.4. The van der Waals surface area contributed by atoms with Gasteiger partial charge in [-0.15, -0.1) is 11.8 Å². The van der Waals surface area contributed by atoms with Gasteiger partial charge in [0.05, 0.1) is 0 Å². The van der Waals surface area contributed by atoms with Crippen LogP contribution in [0.4, 0.5) is 0 Å². The third-order valence-corrected chi connectivity index (χ3v) is 5.14. The van der Waals surface area contributed by atoms with Crippen molar-refractivity contribution in [1.82, 2.24) is 0 Å². The number of aryl methyl sites for hydroxylation is 1. The predicted molar refractivity (Wildman–Crippen MR) is 70.9 cm³/mol. The third kappa shape index (κ3) is 1.45. The van der Waals surface area contributed by atoms with Gasteiger partial charge in [-0.3, -0.25) is 9.59 Å². The molecule has 0 saturated carbocycles. The summed E-state index contributed by atoms with van der Waals surface area (Å²) in [5, 5.41) is 0.422. The second kappa shape index (κ2) is 3.85. The first-order chi connectivity index (χ1) is 8.50. The molecule has 3 atom stereocenters. The van der Waals surface area contributed by atoms with E-state index < -0.39 is 11.8 Å². The van der Waals surface area contributed by atoms with Crippen molar-refractivity contribution in [2.45, 2.75) is 36.3 Å². The molecule has 1 heterocycles. The number of hydrogen-bond donors (Lipinski definition) is 1. The standard InChI is InChI=1S/C14H15NO2S/c1-6-3-4-9-11-8(5-7(2)18-9)12(14(15)17)13(16)10(6)11/h3-4,7-8,12H,5H2,1-2H3,(H2,15,17). The quantitative estimate of drug-likeness (QED) is 0.789. The fourth-order valence-corrected chi connectivity index (χ4v) is 4.48. The lowest BCUT2D eigenvalue weighted by molar-refractivity contribution is -0.120. The highest BCUT2D eigenvalue weighted by Gasteiger charge is 2.47. The molecule has 2 N–H and O–H groups in total. The molecule has 2 aliphatic rings. The van der Waals surface area contributed by atoms with Crippen molar-refractivity contribution in [3.63, 3.8) is 0 Å². The van der Waals surface area contributed by atoms with Gasteiger partial charge in [0.1, 0.15) is 5.92 Å². The lowest BCUT2D eigenvalue weighted by Crippen LogP contribution is -2.32. The molecule has 1 aliphatic carbocycles. The molecule has 1 aromatic rings. The molecule has 1 aromatic carbocycles. The number of primary amides is 1. The number of rotatable bonds is 1. The van der Waals surface area contributed by atoms with Crippen molar-refractivity contribution in [1.29, 1.82) is 0 Å². The Bertz CT molecular complexity index is 567. The Morgan fingerprint density at radius 3 is 2.83 bits per heavy atom. The normalized spacial score (nSPS) is 29.2. The Morgan fingerprint density at radius 2 is 2.17 bits per heavy atom. The van der Waals surface area contributed by atoms with Gasteiger partial charge < -0.3 is 5.73 Å². The Morgan fingerprint density at radius 1 is 1.44 bits per heavy atom. The van der Waals surface area contributed by atoms with Crippen LogP contribution >= 0.6 is 11.8 Å². The second-order valence-corrected chi connectivity index (χ2v) is 6.66. The first-order valence-corrected chi connectivity index (χ1v) is 7.02. The molecule has 0 fully saturated rings. The lowest BCUT2D eigenvalue weighted by Gasteiger charge is -2.28. The van der Waals surface area contributed by atoms with E-state index in [9.17, 15) is 9.59 Å². The summed E-state index contributed by atoms with van der Waals surface area (Å²) in [7, 11) is 0. The molecule has 3 rings (SSSR count).